The van der Waals surface area contributed by atoms with Crippen LogP contribution in [0.15, 0.2) is 24.9 Å². The van der Waals surface area contributed by atoms with Crippen LogP contribution in [0.25, 0.3) is 11.5 Å². The molecule has 1 fully saturated rings. The van der Waals surface area contributed by atoms with Crippen molar-refractivity contribution in [3.63, 3.8) is 0 Å². The predicted octanol–water partition coefficient (Wildman–Crippen LogP) is 1.31. The Morgan fingerprint density at radius 1 is 1.56 bits per heavy atom. The second-order valence-corrected chi connectivity index (χ2v) is 4.65. The summed E-state index contributed by atoms with van der Waals surface area (Å²) in [5.74, 6) is 0.936. The van der Waals surface area contributed by atoms with Crippen LogP contribution in [0.5, 0.6) is 0 Å². The number of aromatic amines is 1. The van der Waals surface area contributed by atoms with Crippen LogP contribution >= 0.6 is 0 Å². The molecule has 0 radical (unpaired) electrons. The average molecular weight is 218 g/mol. The first-order chi connectivity index (χ1) is 7.77. The Balaban J connectivity index is 1.88. The van der Waals surface area contributed by atoms with Crippen molar-refractivity contribution in [2.75, 3.05) is 13.2 Å². The molecule has 0 aromatic carbocycles. The van der Waals surface area contributed by atoms with Crippen molar-refractivity contribution in [3.05, 3.63) is 24.9 Å². The fourth-order valence-electron chi connectivity index (χ4n) is 2.01. The summed E-state index contributed by atoms with van der Waals surface area (Å²) >= 11 is 0. The zero-order chi connectivity index (χ0) is 11.0. The molecule has 3 heterocycles. The highest BCUT2D eigenvalue weighted by atomic mass is 16.5. The highest BCUT2D eigenvalue weighted by Gasteiger charge is 2.34. The van der Waals surface area contributed by atoms with Gasteiger partial charge in [-0.05, 0) is 0 Å². The van der Waals surface area contributed by atoms with Crippen molar-refractivity contribution in [2.24, 2.45) is 5.41 Å². The highest BCUT2D eigenvalue weighted by Crippen LogP contribution is 2.30. The molecule has 3 rings (SSSR count). The minimum absolute atomic E-state index is 0.246. The van der Waals surface area contributed by atoms with Gasteiger partial charge in [-0.25, -0.2) is 9.97 Å². The van der Waals surface area contributed by atoms with Gasteiger partial charge in [0.25, 0.3) is 0 Å². The van der Waals surface area contributed by atoms with E-state index in [4.69, 9.17) is 4.74 Å². The Labute approximate surface area is 93.5 Å². The summed E-state index contributed by atoms with van der Waals surface area (Å²) in [7, 11) is 0. The first-order valence-corrected chi connectivity index (χ1v) is 5.34. The lowest BCUT2D eigenvalue weighted by atomic mass is 9.88. The second-order valence-electron chi connectivity index (χ2n) is 4.65. The number of rotatable bonds is 3. The molecule has 0 bridgehead atoms. The maximum Gasteiger partial charge on any atom is 0.158 e. The molecule has 1 saturated heterocycles. The van der Waals surface area contributed by atoms with Crippen molar-refractivity contribution < 1.29 is 4.74 Å². The molecule has 16 heavy (non-hydrogen) atoms. The third kappa shape index (κ3) is 1.53. The van der Waals surface area contributed by atoms with Gasteiger partial charge in [0.15, 0.2) is 5.82 Å². The molecule has 0 atom stereocenters. The molecule has 1 N–H and O–H groups in total. The van der Waals surface area contributed by atoms with Gasteiger partial charge in [0.05, 0.1) is 25.7 Å². The van der Waals surface area contributed by atoms with Gasteiger partial charge in [0, 0.05) is 24.4 Å². The van der Waals surface area contributed by atoms with Crippen LogP contribution in [0, 0.1) is 5.41 Å². The van der Waals surface area contributed by atoms with Crippen molar-refractivity contribution in [3.8, 4) is 11.5 Å². The topological polar surface area (TPSA) is 55.7 Å². The molecular formula is C11H14N4O. The molecule has 5 nitrogen and oxygen atoms in total. The molecule has 0 aliphatic carbocycles. The van der Waals surface area contributed by atoms with Crippen molar-refractivity contribution in [2.45, 2.75) is 13.5 Å². The fraction of sp³-hybridized carbons (Fsp3) is 0.455. The van der Waals surface area contributed by atoms with Gasteiger partial charge in [-0.15, -0.1) is 0 Å². The Hall–Kier alpha value is -1.62. The number of aromatic nitrogens is 4. The van der Waals surface area contributed by atoms with E-state index in [0.717, 1.165) is 31.3 Å². The summed E-state index contributed by atoms with van der Waals surface area (Å²) in [6.45, 7) is 4.82. The van der Waals surface area contributed by atoms with Gasteiger partial charge < -0.3 is 14.3 Å². The summed E-state index contributed by atoms with van der Waals surface area (Å²) in [6, 6.07) is 0. The molecule has 84 valence electrons. The molecule has 2 aromatic rings. The van der Waals surface area contributed by atoms with Crippen LogP contribution in [0.3, 0.4) is 0 Å². The van der Waals surface area contributed by atoms with Crippen LogP contribution < -0.4 is 0 Å². The van der Waals surface area contributed by atoms with Crippen LogP contribution in [0.2, 0.25) is 0 Å². The van der Waals surface area contributed by atoms with E-state index >= 15 is 0 Å². The molecule has 0 unspecified atom stereocenters. The quantitative estimate of drug-likeness (QED) is 0.845. The largest absolute Gasteiger partial charge is 0.380 e. The molecule has 0 saturated carbocycles. The number of hydrogen-bond donors (Lipinski definition) is 1. The van der Waals surface area contributed by atoms with Gasteiger partial charge in [-0.3, -0.25) is 0 Å². The summed E-state index contributed by atoms with van der Waals surface area (Å²) in [6.07, 6.45) is 7.28. The van der Waals surface area contributed by atoms with E-state index in [1.807, 2.05) is 12.4 Å². The predicted molar refractivity (Wildman–Crippen MR) is 58.7 cm³/mol. The van der Waals surface area contributed by atoms with E-state index in [2.05, 4.69) is 26.4 Å². The monoisotopic (exact) mass is 218 g/mol. The van der Waals surface area contributed by atoms with Gasteiger partial charge in [0.2, 0.25) is 0 Å². The minimum atomic E-state index is 0.246. The van der Waals surface area contributed by atoms with E-state index in [0.29, 0.717) is 0 Å². The molecule has 0 amide bonds. The molecule has 0 spiro atoms. The lowest BCUT2D eigenvalue weighted by molar-refractivity contribution is -0.109. The summed E-state index contributed by atoms with van der Waals surface area (Å²) < 4.78 is 7.41. The zero-order valence-corrected chi connectivity index (χ0v) is 9.18. The zero-order valence-electron chi connectivity index (χ0n) is 9.18. The van der Waals surface area contributed by atoms with Crippen LogP contribution in [-0.4, -0.2) is 32.7 Å². The molecular weight excluding hydrogens is 204 g/mol. The third-order valence-electron chi connectivity index (χ3n) is 2.91. The van der Waals surface area contributed by atoms with E-state index in [1.54, 1.807) is 12.5 Å². The Bertz CT molecular complexity index is 470. The molecule has 1 aliphatic heterocycles. The molecule has 2 aromatic heterocycles. The van der Waals surface area contributed by atoms with E-state index in [1.165, 1.54) is 0 Å². The SMILES string of the molecule is CC1(Cn2ccnc2-c2cnc[nH]2)COC1. The van der Waals surface area contributed by atoms with E-state index in [9.17, 15) is 0 Å². The van der Waals surface area contributed by atoms with Gasteiger partial charge in [-0.1, -0.05) is 6.92 Å². The van der Waals surface area contributed by atoms with Crippen LogP contribution in [0.4, 0.5) is 0 Å². The fourth-order valence-corrected chi connectivity index (χ4v) is 2.01. The smallest absolute Gasteiger partial charge is 0.158 e. The third-order valence-corrected chi connectivity index (χ3v) is 2.91. The standard InChI is InChI=1S/C11H14N4O/c1-11(6-16-7-11)5-15-3-2-13-10(15)9-4-12-8-14-9/h2-4,8H,5-7H2,1H3,(H,12,14). The average Bonchev–Trinajstić information content (AvgIpc) is 2.83. The van der Waals surface area contributed by atoms with Gasteiger partial charge >= 0.3 is 0 Å². The lowest BCUT2D eigenvalue weighted by Crippen LogP contribution is -2.43. The first kappa shape index (κ1) is 9.59. The minimum Gasteiger partial charge on any atom is -0.380 e. The van der Waals surface area contributed by atoms with Crippen molar-refractivity contribution >= 4 is 0 Å². The number of ether oxygens (including phenoxy) is 1. The van der Waals surface area contributed by atoms with Crippen molar-refractivity contribution in [1.29, 1.82) is 0 Å². The highest BCUT2D eigenvalue weighted by molar-refractivity contribution is 5.47. The van der Waals surface area contributed by atoms with Crippen LogP contribution in [0.1, 0.15) is 6.92 Å². The number of H-pyrrole nitrogens is 1. The van der Waals surface area contributed by atoms with E-state index in [-0.39, 0.29) is 5.41 Å². The summed E-state index contributed by atoms with van der Waals surface area (Å²) in [4.78, 5) is 11.4. The van der Waals surface area contributed by atoms with Crippen molar-refractivity contribution in [1.82, 2.24) is 19.5 Å². The second kappa shape index (κ2) is 3.45. The van der Waals surface area contributed by atoms with Gasteiger partial charge in [-0.2, -0.15) is 0 Å². The van der Waals surface area contributed by atoms with Crippen LogP contribution in [-0.2, 0) is 11.3 Å². The summed E-state index contributed by atoms with van der Waals surface area (Å²) in [5.41, 5.74) is 1.20. The Morgan fingerprint density at radius 3 is 3.06 bits per heavy atom. The Morgan fingerprint density at radius 2 is 2.44 bits per heavy atom. The number of imidazole rings is 2. The molecule has 5 heteroatoms. The lowest BCUT2D eigenvalue weighted by Gasteiger charge is -2.38. The maximum atomic E-state index is 5.26. The number of hydrogen-bond acceptors (Lipinski definition) is 3. The van der Waals surface area contributed by atoms with E-state index < -0.39 is 0 Å². The first-order valence-electron chi connectivity index (χ1n) is 5.34. The summed E-state index contributed by atoms with van der Waals surface area (Å²) in [5, 5.41) is 0. The Kier molecular flexibility index (Phi) is 2.07. The maximum absolute atomic E-state index is 5.26. The normalized spacial score (nSPS) is 18.3. The number of nitrogens with zero attached hydrogens (tertiary/aromatic N) is 3. The number of nitrogens with one attached hydrogen (secondary N) is 1. The van der Waals surface area contributed by atoms with Gasteiger partial charge in [0.1, 0.15) is 5.69 Å². The molecule has 1 aliphatic rings.